The lowest BCUT2D eigenvalue weighted by Gasteiger charge is -2.36. The van der Waals surface area contributed by atoms with Crippen LogP contribution >= 0.6 is 11.6 Å². The van der Waals surface area contributed by atoms with E-state index in [1.165, 1.54) is 10.6 Å². The molecule has 0 saturated carbocycles. The van der Waals surface area contributed by atoms with Gasteiger partial charge in [0.2, 0.25) is 0 Å². The highest BCUT2D eigenvalue weighted by Gasteiger charge is 2.37. The zero-order chi connectivity index (χ0) is 27.4. The van der Waals surface area contributed by atoms with Crippen LogP contribution in [0.2, 0.25) is 5.02 Å². The van der Waals surface area contributed by atoms with E-state index in [0.717, 1.165) is 5.69 Å². The van der Waals surface area contributed by atoms with Gasteiger partial charge in [-0.3, -0.25) is 14.3 Å². The molecule has 1 fully saturated rings. The van der Waals surface area contributed by atoms with E-state index in [0.29, 0.717) is 48.2 Å². The van der Waals surface area contributed by atoms with E-state index < -0.39 is 34.5 Å². The molecule has 0 aliphatic carbocycles. The molecule has 4 aromatic heterocycles. The average molecular weight is 516 g/mol. The Morgan fingerprint density at radius 2 is 2.00 bits per heavy atom. The van der Waals surface area contributed by atoms with Gasteiger partial charge in [-0.1, -0.05) is 11.6 Å². The first-order valence-corrected chi connectivity index (χ1v) is 11.3. The van der Waals surface area contributed by atoms with Crippen LogP contribution < -0.4 is 10.3 Å². The Morgan fingerprint density at radius 1 is 1.22 bits per heavy atom. The zero-order valence-corrected chi connectivity index (χ0v) is 20.3. The Kier molecular flexibility index (Phi) is 5.47. The molecule has 11 heteroatoms. The van der Waals surface area contributed by atoms with Crippen molar-refractivity contribution in [3.05, 3.63) is 92.5 Å². The van der Waals surface area contributed by atoms with Gasteiger partial charge in [-0.15, -0.1) is 0 Å². The Bertz CT molecular complexity index is 1620. The van der Waals surface area contributed by atoms with Crippen molar-refractivity contribution >= 4 is 11.6 Å². The van der Waals surface area contributed by atoms with E-state index in [1.807, 2.05) is 6.07 Å². The van der Waals surface area contributed by atoms with Gasteiger partial charge >= 0.3 is 0 Å². The fourth-order valence-corrected chi connectivity index (χ4v) is 4.02. The lowest BCUT2D eigenvalue weighted by atomic mass is 9.85. The second kappa shape index (κ2) is 9.11. The summed E-state index contributed by atoms with van der Waals surface area (Å²) in [6, 6.07) is 5.43. The van der Waals surface area contributed by atoms with Crippen LogP contribution in [-0.4, -0.2) is 37.5 Å². The summed E-state index contributed by atoms with van der Waals surface area (Å²) in [5, 5.41) is 4.20. The number of hydrogen-bond donors (Lipinski definition) is 0. The van der Waals surface area contributed by atoms with Crippen LogP contribution in [-0.2, 0) is 16.7 Å². The summed E-state index contributed by atoms with van der Waals surface area (Å²) in [6.07, 6.45) is 4.05. The summed E-state index contributed by atoms with van der Waals surface area (Å²) in [6.45, 7) is 3.78. The second-order valence-electron chi connectivity index (χ2n) is 8.82. The molecule has 1 aliphatic heterocycles. The maximum absolute atomic E-state index is 14.2. The summed E-state index contributed by atoms with van der Waals surface area (Å²) in [7, 11) is 0. The van der Waals surface area contributed by atoms with Gasteiger partial charge in [-0.25, -0.2) is 18.4 Å². The molecule has 5 rings (SSSR count). The molecule has 0 spiro atoms. The molecule has 0 unspecified atom stereocenters. The van der Waals surface area contributed by atoms with Crippen molar-refractivity contribution < 1.29 is 21.0 Å². The average Bonchev–Trinajstić information content (AvgIpc) is 3.32. The first kappa shape index (κ1) is 21.6. The quantitative estimate of drug-likeness (QED) is 0.382. The molecule has 8 nitrogen and oxygen atoms in total. The molecular weight excluding hydrogens is 492 g/mol. The summed E-state index contributed by atoms with van der Waals surface area (Å²) in [5.41, 5.74) is 0.745. The van der Waals surface area contributed by atoms with E-state index in [4.69, 9.17) is 23.8 Å². The molecule has 0 radical (unpaired) electrons. The van der Waals surface area contributed by atoms with Gasteiger partial charge in [0.15, 0.2) is 11.6 Å². The second-order valence-corrected chi connectivity index (χ2v) is 9.20. The minimum Gasteiger partial charge on any atom is -0.485 e. The molecular formula is C25H22ClF2N5O3. The third-order valence-corrected chi connectivity index (χ3v) is 6.30. The van der Waals surface area contributed by atoms with Crippen molar-refractivity contribution in [2.75, 3.05) is 13.2 Å². The molecule has 0 atom stereocenters. The maximum atomic E-state index is 14.2. The van der Waals surface area contributed by atoms with Crippen LogP contribution in [0.15, 0.2) is 47.7 Å². The standard InChI is InChI=1S/C25H22ClF2N5O3/c1-14-9-30-22(32-5-4-21(31-32)25(3)12-35-13-25)8-19(14)33-15(2)6-20(23(26)24(33)34)36-11-18-17(28)7-16(27)10-29-18/h4-10H,11-13H2,1-3H3/i11D2. The topological polar surface area (TPSA) is 84.1 Å². The lowest BCUT2D eigenvalue weighted by molar-refractivity contribution is -0.0522. The van der Waals surface area contributed by atoms with Crippen molar-refractivity contribution in [3.8, 4) is 17.3 Å². The van der Waals surface area contributed by atoms with Gasteiger partial charge in [0.25, 0.3) is 5.56 Å². The first-order chi connectivity index (χ1) is 17.9. The van der Waals surface area contributed by atoms with E-state index in [2.05, 4.69) is 22.0 Å². The number of nitrogens with zero attached hydrogens (tertiary/aromatic N) is 5. The lowest BCUT2D eigenvalue weighted by Crippen LogP contribution is -2.44. The van der Waals surface area contributed by atoms with E-state index in [-0.39, 0.29) is 11.2 Å². The number of hydrogen-bond acceptors (Lipinski definition) is 6. The molecule has 1 saturated heterocycles. The van der Waals surface area contributed by atoms with Crippen LogP contribution in [0.25, 0.3) is 11.5 Å². The summed E-state index contributed by atoms with van der Waals surface area (Å²) in [4.78, 5) is 21.3. The number of pyridine rings is 3. The van der Waals surface area contributed by atoms with Crippen molar-refractivity contribution in [1.29, 1.82) is 0 Å². The zero-order valence-electron chi connectivity index (χ0n) is 21.6. The maximum Gasteiger partial charge on any atom is 0.277 e. The number of rotatable bonds is 6. The molecule has 1 aliphatic rings. The van der Waals surface area contributed by atoms with Crippen molar-refractivity contribution in [2.24, 2.45) is 0 Å². The van der Waals surface area contributed by atoms with Crippen molar-refractivity contribution in [3.63, 3.8) is 0 Å². The van der Waals surface area contributed by atoms with Gasteiger partial charge in [0.05, 0.1) is 38.9 Å². The minimum absolute atomic E-state index is 0.160. The van der Waals surface area contributed by atoms with E-state index in [1.54, 1.807) is 37.0 Å². The number of ether oxygens (including phenoxy) is 2. The van der Waals surface area contributed by atoms with Gasteiger partial charge < -0.3 is 9.47 Å². The largest absolute Gasteiger partial charge is 0.485 e. The molecule has 0 amide bonds. The van der Waals surface area contributed by atoms with Crippen molar-refractivity contribution in [1.82, 2.24) is 24.3 Å². The predicted octanol–water partition coefficient (Wildman–Crippen LogP) is 4.23. The van der Waals surface area contributed by atoms with Crippen LogP contribution in [0.1, 0.15) is 32.3 Å². The molecule has 4 aromatic rings. The van der Waals surface area contributed by atoms with Crippen molar-refractivity contribution in [2.45, 2.75) is 32.7 Å². The van der Waals surface area contributed by atoms with Crippen LogP contribution in [0.3, 0.4) is 0 Å². The monoisotopic (exact) mass is 515 g/mol. The van der Waals surface area contributed by atoms with Gasteiger partial charge in [0, 0.05) is 36.3 Å². The third kappa shape index (κ3) is 4.27. The molecule has 5 heterocycles. The third-order valence-electron chi connectivity index (χ3n) is 5.95. The Balaban J connectivity index is 1.52. The smallest absolute Gasteiger partial charge is 0.277 e. The molecule has 186 valence electrons. The summed E-state index contributed by atoms with van der Waals surface area (Å²) in [5.74, 6) is -2.06. The number of aryl methyl sites for hydroxylation is 2. The number of aromatic nitrogens is 5. The Hall–Kier alpha value is -3.63. The van der Waals surface area contributed by atoms with Crippen LogP contribution in [0.5, 0.6) is 5.75 Å². The molecule has 36 heavy (non-hydrogen) atoms. The molecule has 0 N–H and O–H groups in total. The Morgan fingerprint density at radius 3 is 2.69 bits per heavy atom. The highest BCUT2D eigenvalue weighted by Crippen LogP contribution is 2.31. The van der Waals surface area contributed by atoms with Gasteiger partial charge in [0.1, 0.15) is 28.8 Å². The van der Waals surface area contributed by atoms with Gasteiger partial charge in [-0.2, -0.15) is 5.10 Å². The predicted molar refractivity (Wildman–Crippen MR) is 128 cm³/mol. The SMILES string of the molecule is [2H]C([2H])(Oc1cc(C)n(-c2cc(-n3ccc(C4(C)COC4)n3)ncc2C)c(=O)c1Cl)c1ncc(F)cc1F. The fraction of sp³-hybridized carbons (Fsp3) is 0.280. The van der Waals surface area contributed by atoms with Crippen LogP contribution in [0, 0.1) is 25.5 Å². The first-order valence-electron chi connectivity index (χ1n) is 11.9. The number of halogens is 3. The van der Waals surface area contributed by atoms with E-state index in [9.17, 15) is 13.6 Å². The highest BCUT2D eigenvalue weighted by molar-refractivity contribution is 6.31. The normalized spacial score (nSPS) is 15.7. The highest BCUT2D eigenvalue weighted by atomic mass is 35.5. The van der Waals surface area contributed by atoms with E-state index >= 15 is 0 Å². The van der Waals surface area contributed by atoms with Gasteiger partial charge in [-0.05, 0) is 32.4 Å². The van der Waals surface area contributed by atoms with Crippen LogP contribution in [0.4, 0.5) is 8.78 Å². The Labute approximate surface area is 212 Å². The fourth-order valence-electron chi connectivity index (χ4n) is 3.85. The summed E-state index contributed by atoms with van der Waals surface area (Å²) >= 11 is 6.32. The minimum atomic E-state index is -2.84. The summed E-state index contributed by atoms with van der Waals surface area (Å²) < 4.78 is 57.2. The molecule has 0 bridgehead atoms. The molecule has 0 aromatic carbocycles.